The minimum atomic E-state index is -0.622. The fourth-order valence-corrected chi connectivity index (χ4v) is 12.3. The molecule has 0 saturated carbocycles. The van der Waals surface area contributed by atoms with Gasteiger partial charge in [0.25, 0.3) is 0 Å². The van der Waals surface area contributed by atoms with Gasteiger partial charge in [-0.1, -0.05) is 187 Å². The highest BCUT2D eigenvalue weighted by Gasteiger charge is 2.52. The van der Waals surface area contributed by atoms with Crippen LogP contribution in [0.5, 0.6) is 0 Å². The van der Waals surface area contributed by atoms with Crippen molar-refractivity contribution in [1.29, 1.82) is 0 Å². The van der Waals surface area contributed by atoms with Crippen molar-refractivity contribution in [3.05, 3.63) is 252 Å². The summed E-state index contributed by atoms with van der Waals surface area (Å²) < 4.78 is 0. The monoisotopic (exact) mass is 894 g/mol. The maximum atomic E-state index is 2.52. The van der Waals surface area contributed by atoms with Crippen molar-refractivity contribution in [2.24, 2.45) is 0 Å². The first-order chi connectivity index (χ1) is 33.0. The van der Waals surface area contributed by atoms with E-state index < -0.39 is 5.41 Å². The lowest BCUT2D eigenvalue weighted by Gasteiger charge is -2.40. The molecule has 0 unspecified atom stereocenters. The van der Waals surface area contributed by atoms with Gasteiger partial charge < -0.3 is 9.80 Å². The molecule has 0 N–H and O–H groups in total. The average molecular weight is 895 g/mol. The summed E-state index contributed by atoms with van der Waals surface area (Å²) >= 11 is 1.90. The summed E-state index contributed by atoms with van der Waals surface area (Å²) in [4.78, 5) is 7.44. The lowest BCUT2D eigenvalue weighted by Crippen LogP contribution is -2.32. The Balaban J connectivity index is 1.16. The molecule has 10 aromatic rings. The van der Waals surface area contributed by atoms with E-state index in [0.717, 1.165) is 34.1 Å². The number of fused-ring (bicyclic) bond motifs is 14. The van der Waals surface area contributed by atoms with Crippen molar-refractivity contribution in [3.63, 3.8) is 0 Å². The second-order valence-electron chi connectivity index (χ2n) is 20.5. The predicted octanol–water partition coefficient (Wildman–Crippen LogP) is 18.4. The molecule has 0 fully saturated rings. The van der Waals surface area contributed by atoms with Gasteiger partial charge in [-0.15, -0.1) is 0 Å². The van der Waals surface area contributed by atoms with Gasteiger partial charge in [0, 0.05) is 43.9 Å². The van der Waals surface area contributed by atoms with Gasteiger partial charge in [-0.05, 0) is 162 Å². The second-order valence-corrected chi connectivity index (χ2v) is 21.6. The minimum absolute atomic E-state index is 0.0471. The third kappa shape index (κ3) is 6.62. The Morgan fingerprint density at radius 2 is 0.765 bits per heavy atom. The lowest BCUT2D eigenvalue weighted by molar-refractivity contribution is 0.590. The molecule has 1 spiro atoms. The Labute approximate surface area is 405 Å². The molecule has 0 bridgehead atoms. The molecule has 0 atom stereocenters. The van der Waals surface area contributed by atoms with Gasteiger partial charge in [0.15, 0.2) is 0 Å². The molecule has 0 amide bonds. The van der Waals surface area contributed by atoms with Crippen LogP contribution in [-0.4, -0.2) is 0 Å². The summed E-state index contributed by atoms with van der Waals surface area (Å²) in [6.07, 6.45) is 0. The van der Waals surface area contributed by atoms with E-state index in [4.69, 9.17) is 0 Å². The molecule has 3 heteroatoms. The van der Waals surface area contributed by atoms with Crippen LogP contribution in [0, 0.1) is 0 Å². The van der Waals surface area contributed by atoms with Crippen LogP contribution in [-0.2, 0) is 16.2 Å². The van der Waals surface area contributed by atoms with Crippen LogP contribution in [0.2, 0.25) is 0 Å². The highest BCUT2D eigenvalue weighted by Crippen LogP contribution is 2.65. The first-order valence-corrected chi connectivity index (χ1v) is 24.7. The maximum Gasteiger partial charge on any atom is 0.0742 e. The Hall–Kier alpha value is -7.33. The number of benzene rings is 10. The fourth-order valence-electron chi connectivity index (χ4n) is 11.1. The van der Waals surface area contributed by atoms with E-state index in [-0.39, 0.29) is 10.8 Å². The smallest absolute Gasteiger partial charge is 0.0742 e. The predicted molar refractivity (Wildman–Crippen MR) is 290 cm³/mol. The number of hydrogen-bond acceptors (Lipinski definition) is 3. The average Bonchev–Trinajstić information content (AvgIpc) is 3.65. The SMILES string of the molecule is CC(C)(C)c1ccc(N(c2ccccc2)c2ccc3c(c2)C2(c4ccccc4Sc4ccccc42)c2c-3c3ccccc3c3cc(N(c4ccccc4)c4ccc(C(C)(C)C)cc4)ccc23)cc1. The number of hydrogen-bond donors (Lipinski definition) is 0. The molecule has 2 nitrogen and oxygen atoms in total. The minimum Gasteiger partial charge on any atom is -0.310 e. The normalized spacial score (nSPS) is 13.5. The van der Waals surface area contributed by atoms with Crippen molar-refractivity contribution in [3.8, 4) is 11.1 Å². The van der Waals surface area contributed by atoms with Crippen molar-refractivity contribution < 1.29 is 0 Å². The van der Waals surface area contributed by atoms with Crippen molar-refractivity contribution in [2.45, 2.75) is 67.6 Å². The van der Waals surface area contributed by atoms with Crippen molar-refractivity contribution in [2.75, 3.05) is 9.80 Å². The molecule has 330 valence electrons. The van der Waals surface area contributed by atoms with E-state index in [1.807, 2.05) is 11.8 Å². The zero-order chi connectivity index (χ0) is 46.4. The van der Waals surface area contributed by atoms with Gasteiger partial charge >= 0.3 is 0 Å². The molecule has 10 aromatic carbocycles. The quantitative estimate of drug-likeness (QED) is 0.154. The van der Waals surface area contributed by atoms with Crippen LogP contribution in [0.3, 0.4) is 0 Å². The highest BCUT2D eigenvalue weighted by molar-refractivity contribution is 7.99. The van der Waals surface area contributed by atoms with Crippen LogP contribution in [0.15, 0.2) is 228 Å². The zero-order valence-corrected chi connectivity index (χ0v) is 40.4. The summed E-state index contributed by atoms with van der Waals surface area (Å²) in [6, 6.07) is 82.1. The summed E-state index contributed by atoms with van der Waals surface area (Å²) in [5, 5.41) is 5.03. The molecule has 0 saturated heterocycles. The lowest BCUT2D eigenvalue weighted by atomic mass is 9.66. The van der Waals surface area contributed by atoms with Crippen molar-refractivity contribution in [1.82, 2.24) is 0 Å². The summed E-state index contributed by atoms with van der Waals surface area (Å²) in [5.74, 6) is 0. The van der Waals surface area contributed by atoms with Crippen molar-refractivity contribution >= 4 is 67.4 Å². The first kappa shape index (κ1) is 42.1. The van der Waals surface area contributed by atoms with Crippen LogP contribution >= 0.6 is 11.8 Å². The van der Waals surface area contributed by atoms with Gasteiger partial charge in [-0.25, -0.2) is 0 Å². The molecule has 0 aromatic heterocycles. The Bertz CT molecular complexity index is 3500. The third-order valence-electron chi connectivity index (χ3n) is 14.4. The molecule has 68 heavy (non-hydrogen) atoms. The molecular weight excluding hydrogens is 841 g/mol. The number of anilines is 6. The molecule has 12 rings (SSSR count). The zero-order valence-electron chi connectivity index (χ0n) is 39.6. The highest BCUT2D eigenvalue weighted by atomic mass is 32.2. The van der Waals surface area contributed by atoms with Gasteiger partial charge in [-0.3, -0.25) is 0 Å². The largest absolute Gasteiger partial charge is 0.310 e. The summed E-state index contributed by atoms with van der Waals surface area (Å²) in [5.41, 5.74) is 16.8. The third-order valence-corrected chi connectivity index (χ3v) is 15.5. The van der Waals surface area contributed by atoms with E-state index >= 15 is 0 Å². The molecule has 0 radical (unpaired) electrons. The summed E-state index contributed by atoms with van der Waals surface area (Å²) in [6.45, 7) is 13.7. The van der Waals surface area contributed by atoms with Gasteiger partial charge in [0.1, 0.15) is 0 Å². The maximum absolute atomic E-state index is 2.52. The van der Waals surface area contributed by atoms with E-state index in [2.05, 4.69) is 270 Å². The summed E-state index contributed by atoms with van der Waals surface area (Å²) in [7, 11) is 0. The standard InChI is InChI=1S/C65H54N2S/c1-63(2,3)43-29-33-47(34-30-43)66(45-19-9-7-10-20-45)49-37-39-53-55(41-49)51-23-13-14-24-52(51)61-54-40-38-50(67(46-21-11-8-12-22-46)48-35-31-44(32-36-48)64(4,5)6)42-58(54)65(62(53)61)56-25-15-17-27-59(56)68-60-28-18-16-26-57(60)65/h7-42H,1-6H3. The van der Waals surface area contributed by atoms with Gasteiger partial charge in [-0.2, -0.15) is 0 Å². The van der Waals surface area contributed by atoms with E-state index in [9.17, 15) is 0 Å². The number of nitrogens with zero attached hydrogens (tertiary/aromatic N) is 2. The van der Waals surface area contributed by atoms with Crippen LogP contribution in [0.25, 0.3) is 32.7 Å². The fraction of sp³-hybridized carbons (Fsp3) is 0.138. The van der Waals surface area contributed by atoms with E-state index in [1.54, 1.807) is 0 Å². The Morgan fingerprint density at radius 3 is 1.29 bits per heavy atom. The van der Waals surface area contributed by atoms with Gasteiger partial charge in [0.2, 0.25) is 0 Å². The molecule has 1 heterocycles. The van der Waals surface area contributed by atoms with Crippen LogP contribution in [0.1, 0.15) is 74.9 Å². The van der Waals surface area contributed by atoms with E-state index in [1.165, 1.54) is 75.8 Å². The number of rotatable bonds is 6. The first-order valence-electron chi connectivity index (χ1n) is 23.9. The molecule has 1 aliphatic heterocycles. The Morgan fingerprint density at radius 1 is 0.338 bits per heavy atom. The number of para-hydroxylation sites is 2. The topological polar surface area (TPSA) is 6.48 Å². The second kappa shape index (κ2) is 15.9. The van der Waals surface area contributed by atoms with Gasteiger partial charge in [0.05, 0.1) is 5.41 Å². The molecule has 1 aliphatic carbocycles. The molecular formula is C65H54N2S. The van der Waals surface area contributed by atoms with Crippen LogP contribution < -0.4 is 9.80 Å². The van der Waals surface area contributed by atoms with E-state index in [0.29, 0.717) is 0 Å². The Kier molecular flexibility index (Phi) is 9.83. The van der Waals surface area contributed by atoms with Crippen LogP contribution in [0.4, 0.5) is 34.1 Å². The molecule has 2 aliphatic rings.